The van der Waals surface area contributed by atoms with Crippen molar-refractivity contribution in [3.8, 4) is 0 Å². The van der Waals surface area contributed by atoms with Gasteiger partial charge in [0.05, 0.1) is 5.69 Å². The molecule has 0 atom stereocenters. The molecule has 7 nitrogen and oxygen atoms in total. The minimum absolute atomic E-state index is 0.0861. The second-order valence-corrected chi connectivity index (χ2v) is 6.50. The number of aryl methyl sites for hydroxylation is 1. The van der Waals surface area contributed by atoms with Crippen LogP contribution in [0.2, 0.25) is 0 Å². The highest BCUT2D eigenvalue weighted by molar-refractivity contribution is 7.92. The molecule has 3 rings (SSSR count). The fourth-order valence-corrected chi connectivity index (χ4v) is 3.17. The lowest BCUT2D eigenvalue weighted by atomic mass is 10.1. The van der Waals surface area contributed by atoms with Crippen molar-refractivity contribution in [1.29, 1.82) is 0 Å². The van der Waals surface area contributed by atoms with Crippen molar-refractivity contribution in [2.45, 2.75) is 11.8 Å². The van der Waals surface area contributed by atoms with Gasteiger partial charge in [0.2, 0.25) is 0 Å². The molecule has 2 N–H and O–H groups in total. The largest absolute Gasteiger partial charge is 0.468 e. The molecule has 0 spiro atoms. The van der Waals surface area contributed by atoms with Crippen LogP contribution in [0, 0.1) is 6.92 Å². The van der Waals surface area contributed by atoms with E-state index in [-0.39, 0.29) is 4.90 Å². The third-order valence-electron chi connectivity index (χ3n) is 3.19. The third kappa shape index (κ3) is 2.66. The molecule has 116 valence electrons. The van der Waals surface area contributed by atoms with Crippen molar-refractivity contribution < 1.29 is 17.7 Å². The molecule has 0 saturated heterocycles. The van der Waals surface area contributed by atoms with Gasteiger partial charge in [-0.2, -0.15) is 0 Å². The smallest absolute Gasteiger partial charge is 0.265 e. The molecular weight excluding hydrogens is 306 g/mol. The van der Waals surface area contributed by atoms with Crippen LogP contribution in [0.5, 0.6) is 0 Å². The second-order valence-electron chi connectivity index (χ2n) is 4.82. The van der Waals surface area contributed by atoms with Gasteiger partial charge in [0.15, 0.2) is 0 Å². The Morgan fingerprint density at radius 1 is 1.27 bits per heavy atom. The van der Waals surface area contributed by atoms with Gasteiger partial charge in [0.25, 0.3) is 10.0 Å². The molecule has 0 radical (unpaired) electrons. The first-order valence-corrected chi connectivity index (χ1v) is 7.98. The Bertz CT molecular complexity index is 826. The Balaban J connectivity index is 1.96. The zero-order valence-electron chi connectivity index (χ0n) is 12.0. The highest BCUT2D eigenvalue weighted by Gasteiger charge is 2.22. The molecule has 1 aliphatic rings. The average Bonchev–Trinajstić information content (AvgIpc) is 3.08. The van der Waals surface area contributed by atoms with Crippen molar-refractivity contribution >= 4 is 21.4 Å². The van der Waals surface area contributed by atoms with E-state index in [9.17, 15) is 8.42 Å². The highest BCUT2D eigenvalue weighted by atomic mass is 32.2. The van der Waals surface area contributed by atoms with Crippen LogP contribution in [0.15, 0.2) is 52.2 Å². The van der Waals surface area contributed by atoms with Crippen LogP contribution in [0.1, 0.15) is 11.3 Å². The molecule has 0 saturated carbocycles. The van der Waals surface area contributed by atoms with E-state index in [0.29, 0.717) is 22.7 Å². The SMILES string of the molecule is Cc1cc(S(=O)(=O)Nc2ccccc2C2=CONN2C)co1. The third-order valence-corrected chi connectivity index (χ3v) is 4.51. The standard InChI is InChI=1S/C14H15N3O4S/c1-10-7-11(8-20-10)22(18,19)15-13-6-4-3-5-12(13)14-9-21-16-17(14)2/h3-9,15-16H,1-2H3. The van der Waals surface area contributed by atoms with Crippen molar-refractivity contribution in [3.05, 3.63) is 54.2 Å². The second kappa shape index (κ2) is 5.39. The Kier molecular flexibility index (Phi) is 3.55. The van der Waals surface area contributed by atoms with Gasteiger partial charge < -0.3 is 9.25 Å². The van der Waals surface area contributed by atoms with Gasteiger partial charge in [-0.15, -0.1) is 0 Å². The van der Waals surface area contributed by atoms with Gasteiger partial charge in [-0.1, -0.05) is 23.8 Å². The first kappa shape index (κ1) is 14.5. The number of nitrogens with zero attached hydrogens (tertiary/aromatic N) is 1. The molecule has 8 heteroatoms. The summed E-state index contributed by atoms with van der Waals surface area (Å²) in [6.07, 6.45) is 2.72. The summed E-state index contributed by atoms with van der Waals surface area (Å²) in [5.74, 6) is 0.532. The minimum Gasteiger partial charge on any atom is -0.468 e. The number of para-hydroxylation sites is 1. The maximum Gasteiger partial charge on any atom is 0.265 e. The van der Waals surface area contributed by atoms with Crippen LogP contribution in [-0.2, 0) is 14.9 Å². The van der Waals surface area contributed by atoms with E-state index in [2.05, 4.69) is 10.3 Å². The van der Waals surface area contributed by atoms with Crippen molar-refractivity contribution in [2.75, 3.05) is 11.8 Å². The van der Waals surface area contributed by atoms with E-state index < -0.39 is 10.0 Å². The monoisotopic (exact) mass is 321 g/mol. The lowest BCUT2D eigenvalue weighted by molar-refractivity contribution is 0.0553. The zero-order chi connectivity index (χ0) is 15.7. The first-order valence-electron chi connectivity index (χ1n) is 6.50. The van der Waals surface area contributed by atoms with E-state index >= 15 is 0 Å². The van der Waals surface area contributed by atoms with Crippen molar-refractivity contribution in [3.63, 3.8) is 0 Å². The first-order chi connectivity index (χ1) is 10.5. The maximum absolute atomic E-state index is 12.4. The van der Waals surface area contributed by atoms with E-state index in [0.717, 1.165) is 0 Å². The van der Waals surface area contributed by atoms with Crippen molar-refractivity contribution in [2.24, 2.45) is 0 Å². The summed E-state index contributed by atoms with van der Waals surface area (Å²) in [5.41, 5.74) is 4.50. The van der Waals surface area contributed by atoms with Gasteiger partial charge >= 0.3 is 0 Å². The van der Waals surface area contributed by atoms with Crippen LogP contribution in [0.25, 0.3) is 5.70 Å². The Morgan fingerprint density at radius 2 is 2.05 bits per heavy atom. The van der Waals surface area contributed by atoms with Crippen LogP contribution < -0.4 is 10.3 Å². The Hall–Kier alpha value is -2.45. The molecule has 1 aromatic carbocycles. The van der Waals surface area contributed by atoms with E-state index in [1.165, 1.54) is 18.6 Å². The number of hydrogen-bond acceptors (Lipinski definition) is 6. The summed E-state index contributed by atoms with van der Waals surface area (Å²) in [4.78, 5) is 5.10. The van der Waals surface area contributed by atoms with Gasteiger partial charge in [0, 0.05) is 12.6 Å². The summed E-state index contributed by atoms with van der Waals surface area (Å²) >= 11 is 0. The summed E-state index contributed by atoms with van der Waals surface area (Å²) in [6.45, 7) is 1.69. The molecule has 22 heavy (non-hydrogen) atoms. The molecule has 2 aromatic rings. The topological polar surface area (TPSA) is 83.8 Å². The van der Waals surface area contributed by atoms with Gasteiger partial charge in [0.1, 0.15) is 28.9 Å². The average molecular weight is 321 g/mol. The summed E-state index contributed by atoms with van der Waals surface area (Å²) in [7, 11) is -1.95. The fraction of sp³-hybridized carbons (Fsp3) is 0.143. The van der Waals surface area contributed by atoms with Crippen LogP contribution in [-0.4, -0.2) is 20.5 Å². The Morgan fingerprint density at radius 3 is 2.68 bits per heavy atom. The van der Waals surface area contributed by atoms with Crippen LogP contribution in [0.4, 0.5) is 5.69 Å². The number of hydrogen-bond donors (Lipinski definition) is 2. The minimum atomic E-state index is -3.71. The Labute approximate surface area is 128 Å². The number of nitrogens with one attached hydrogen (secondary N) is 2. The summed E-state index contributed by atoms with van der Waals surface area (Å²) in [6, 6.07) is 8.54. The lowest BCUT2D eigenvalue weighted by Crippen LogP contribution is -2.26. The molecule has 0 unspecified atom stereocenters. The van der Waals surface area contributed by atoms with E-state index in [1.54, 1.807) is 37.2 Å². The molecule has 1 aromatic heterocycles. The molecular formula is C14H15N3O4S. The van der Waals surface area contributed by atoms with E-state index in [4.69, 9.17) is 9.25 Å². The van der Waals surface area contributed by atoms with Gasteiger partial charge in [-0.05, 0) is 19.1 Å². The normalized spacial score (nSPS) is 14.6. The number of sulfonamides is 1. The molecule has 1 aliphatic heterocycles. The molecule has 0 amide bonds. The van der Waals surface area contributed by atoms with Crippen molar-refractivity contribution in [1.82, 2.24) is 10.6 Å². The molecule has 0 bridgehead atoms. The molecule has 0 aliphatic carbocycles. The zero-order valence-corrected chi connectivity index (χ0v) is 12.8. The fourth-order valence-electron chi connectivity index (χ4n) is 2.09. The van der Waals surface area contributed by atoms with Gasteiger partial charge in [-0.3, -0.25) is 9.73 Å². The molecule has 2 heterocycles. The van der Waals surface area contributed by atoms with Crippen LogP contribution >= 0.6 is 0 Å². The van der Waals surface area contributed by atoms with Crippen LogP contribution in [0.3, 0.4) is 0 Å². The molecule has 0 fully saturated rings. The number of hydrazine groups is 1. The number of anilines is 1. The maximum atomic E-state index is 12.4. The van der Waals surface area contributed by atoms with Gasteiger partial charge in [-0.25, -0.2) is 8.42 Å². The quantitative estimate of drug-likeness (QED) is 0.897. The highest BCUT2D eigenvalue weighted by Crippen LogP contribution is 2.29. The van der Waals surface area contributed by atoms with E-state index in [1.807, 2.05) is 6.07 Å². The summed E-state index contributed by atoms with van der Waals surface area (Å²) in [5, 5.41) is 1.65. The number of furan rings is 1. The summed E-state index contributed by atoms with van der Waals surface area (Å²) < 4.78 is 32.5. The predicted molar refractivity (Wildman–Crippen MR) is 80.7 cm³/mol. The predicted octanol–water partition coefficient (Wildman–Crippen LogP) is 2.07. The lowest BCUT2D eigenvalue weighted by Gasteiger charge is -2.17. The number of rotatable bonds is 4. The number of benzene rings is 1.